The number of aromatic nitrogens is 1. The number of nitrogens with zero attached hydrogens (tertiary/aromatic N) is 2. The number of hydrogen-bond donors (Lipinski definition) is 1. The normalized spacial score (nSPS) is 13.0. The minimum Gasteiger partial charge on any atom is -0.503 e. The van der Waals surface area contributed by atoms with Crippen LogP contribution in [-0.2, 0) is 6.18 Å². The molecule has 116 valence electrons. The van der Waals surface area contributed by atoms with Gasteiger partial charge in [-0.2, -0.15) is 18.4 Å². The molecule has 0 atom stereocenters. The van der Waals surface area contributed by atoms with Crippen molar-refractivity contribution in [2.75, 3.05) is 0 Å². The molecule has 0 saturated heterocycles. The van der Waals surface area contributed by atoms with Crippen LogP contribution in [0, 0.1) is 11.3 Å². The Kier molecular flexibility index (Phi) is 3.58. The van der Waals surface area contributed by atoms with Crippen LogP contribution in [0.25, 0.3) is 21.5 Å². The number of benzene rings is 1. The number of furan rings is 1. The van der Waals surface area contributed by atoms with Crippen molar-refractivity contribution in [1.82, 2.24) is 4.98 Å². The van der Waals surface area contributed by atoms with Crippen LogP contribution in [0.4, 0.5) is 13.2 Å². The summed E-state index contributed by atoms with van der Waals surface area (Å²) >= 11 is 1.01. The predicted molar refractivity (Wildman–Crippen MR) is 78.4 cm³/mol. The quantitative estimate of drug-likeness (QED) is 0.536. The Morgan fingerprint density at radius 2 is 2.09 bits per heavy atom. The van der Waals surface area contributed by atoms with E-state index in [-0.39, 0.29) is 21.9 Å². The molecule has 3 rings (SSSR count). The third-order valence-corrected chi connectivity index (χ3v) is 4.09. The summed E-state index contributed by atoms with van der Waals surface area (Å²) in [5.74, 6) is -0.329. The highest BCUT2D eigenvalue weighted by molar-refractivity contribution is 7.19. The molecule has 1 aromatic carbocycles. The zero-order valence-corrected chi connectivity index (χ0v) is 12.1. The summed E-state index contributed by atoms with van der Waals surface area (Å²) in [6.45, 7) is 0. The summed E-state index contributed by atoms with van der Waals surface area (Å²) in [5.41, 5.74) is -0.867. The van der Waals surface area contributed by atoms with E-state index in [1.807, 2.05) is 6.07 Å². The SMILES string of the molecule is N#CC(=C(O)c1ccco1)c1nc2cc(C(F)(F)F)ccc2s1. The van der Waals surface area contributed by atoms with Crippen LogP contribution in [-0.4, -0.2) is 10.1 Å². The van der Waals surface area contributed by atoms with E-state index >= 15 is 0 Å². The van der Waals surface area contributed by atoms with E-state index in [1.165, 1.54) is 24.5 Å². The zero-order valence-electron chi connectivity index (χ0n) is 11.3. The molecule has 0 bridgehead atoms. The molecular formula is C15H7F3N2O2S. The molecule has 0 amide bonds. The van der Waals surface area contributed by atoms with E-state index in [4.69, 9.17) is 4.42 Å². The standard InChI is InChI=1S/C15H7F3N2O2S/c16-15(17,18)8-3-4-12-10(6-8)20-14(23-12)9(7-19)13(21)11-2-1-5-22-11/h1-6,21H. The molecule has 0 fully saturated rings. The molecule has 4 nitrogen and oxygen atoms in total. The first-order valence-electron chi connectivity index (χ1n) is 6.25. The maximum atomic E-state index is 12.7. The third kappa shape index (κ3) is 2.78. The monoisotopic (exact) mass is 336 g/mol. The first kappa shape index (κ1) is 15.1. The average Bonchev–Trinajstić information content (AvgIpc) is 3.15. The van der Waals surface area contributed by atoms with Gasteiger partial charge < -0.3 is 9.52 Å². The molecule has 0 saturated carbocycles. The van der Waals surface area contributed by atoms with Crippen molar-refractivity contribution in [3.63, 3.8) is 0 Å². The lowest BCUT2D eigenvalue weighted by molar-refractivity contribution is -0.137. The van der Waals surface area contributed by atoms with Gasteiger partial charge in [0, 0.05) is 0 Å². The average molecular weight is 336 g/mol. The fraction of sp³-hybridized carbons (Fsp3) is 0.0667. The predicted octanol–water partition coefficient (Wildman–Crippen LogP) is 4.86. The fourth-order valence-electron chi connectivity index (χ4n) is 1.95. The lowest BCUT2D eigenvalue weighted by atomic mass is 10.2. The molecule has 0 aliphatic carbocycles. The van der Waals surface area contributed by atoms with Gasteiger partial charge in [-0.05, 0) is 30.3 Å². The van der Waals surface area contributed by atoms with Gasteiger partial charge in [-0.1, -0.05) is 0 Å². The number of rotatable bonds is 2. The molecule has 2 heterocycles. The molecule has 3 aromatic rings. The van der Waals surface area contributed by atoms with E-state index in [0.717, 1.165) is 23.5 Å². The van der Waals surface area contributed by atoms with Crippen LogP contribution in [0.3, 0.4) is 0 Å². The van der Waals surface area contributed by atoms with Crippen LogP contribution in [0.1, 0.15) is 16.3 Å². The highest BCUT2D eigenvalue weighted by Gasteiger charge is 2.31. The maximum absolute atomic E-state index is 12.7. The van der Waals surface area contributed by atoms with Gasteiger partial charge in [0.05, 0.1) is 22.0 Å². The van der Waals surface area contributed by atoms with Gasteiger partial charge in [-0.3, -0.25) is 0 Å². The second-order valence-electron chi connectivity index (χ2n) is 4.51. The number of alkyl halides is 3. The first-order chi connectivity index (χ1) is 10.9. The molecule has 23 heavy (non-hydrogen) atoms. The Labute approximate surface area is 131 Å². The Bertz CT molecular complexity index is 934. The van der Waals surface area contributed by atoms with E-state index in [1.54, 1.807) is 0 Å². The Balaban J connectivity index is 2.13. The third-order valence-electron chi connectivity index (χ3n) is 3.03. The van der Waals surface area contributed by atoms with Crippen molar-refractivity contribution in [3.05, 3.63) is 52.9 Å². The van der Waals surface area contributed by atoms with Crippen LogP contribution in [0.15, 0.2) is 41.0 Å². The molecule has 0 unspecified atom stereocenters. The van der Waals surface area contributed by atoms with Gasteiger partial charge in [0.1, 0.15) is 16.6 Å². The van der Waals surface area contributed by atoms with Crippen molar-refractivity contribution in [2.24, 2.45) is 0 Å². The molecule has 8 heteroatoms. The molecule has 0 aliphatic rings. The second-order valence-corrected chi connectivity index (χ2v) is 5.54. The maximum Gasteiger partial charge on any atom is 0.416 e. The number of aliphatic hydroxyl groups excluding tert-OH is 1. The Morgan fingerprint density at radius 3 is 2.70 bits per heavy atom. The first-order valence-corrected chi connectivity index (χ1v) is 7.07. The second kappa shape index (κ2) is 5.44. The minimum atomic E-state index is -4.47. The molecular weight excluding hydrogens is 329 g/mol. The number of fused-ring (bicyclic) bond motifs is 1. The van der Waals surface area contributed by atoms with Gasteiger partial charge in [-0.25, -0.2) is 4.98 Å². The van der Waals surface area contributed by atoms with Gasteiger partial charge in [0.2, 0.25) is 0 Å². The molecule has 0 aliphatic heterocycles. The van der Waals surface area contributed by atoms with Crippen molar-refractivity contribution < 1.29 is 22.7 Å². The van der Waals surface area contributed by atoms with Crippen molar-refractivity contribution >= 4 is 32.9 Å². The topological polar surface area (TPSA) is 70.0 Å². The summed E-state index contributed by atoms with van der Waals surface area (Å²) in [7, 11) is 0. The summed E-state index contributed by atoms with van der Waals surface area (Å²) in [6.07, 6.45) is -3.14. The number of thiazole rings is 1. The van der Waals surface area contributed by atoms with E-state index in [0.29, 0.717) is 4.70 Å². The Hall–Kier alpha value is -2.79. The van der Waals surface area contributed by atoms with Crippen molar-refractivity contribution in [2.45, 2.75) is 6.18 Å². The molecule has 2 aromatic heterocycles. The summed E-state index contributed by atoms with van der Waals surface area (Å²) in [6, 6.07) is 7.96. The lowest BCUT2D eigenvalue weighted by Gasteiger charge is -2.04. The van der Waals surface area contributed by atoms with Crippen molar-refractivity contribution in [3.8, 4) is 6.07 Å². The molecule has 1 N–H and O–H groups in total. The van der Waals surface area contributed by atoms with E-state index < -0.39 is 17.5 Å². The Morgan fingerprint density at radius 1 is 1.30 bits per heavy atom. The zero-order chi connectivity index (χ0) is 16.6. The highest BCUT2D eigenvalue weighted by Crippen LogP contribution is 2.35. The van der Waals surface area contributed by atoms with Crippen LogP contribution < -0.4 is 0 Å². The summed E-state index contributed by atoms with van der Waals surface area (Å²) in [4.78, 5) is 4.03. The number of halogens is 3. The lowest BCUT2D eigenvalue weighted by Crippen LogP contribution is -2.03. The van der Waals surface area contributed by atoms with E-state index in [2.05, 4.69) is 4.98 Å². The number of hydrogen-bond acceptors (Lipinski definition) is 5. The van der Waals surface area contributed by atoms with Gasteiger partial charge in [-0.15, -0.1) is 11.3 Å². The van der Waals surface area contributed by atoms with Crippen LogP contribution in [0.2, 0.25) is 0 Å². The van der Waals surface area contributed by atoms with Gasteiger partial charge in [0.25, 0.3) is 0 Å². The van der Waals surface area contributed by atoms with Crippen LogP contribution >= 0.6 is 11.3 Å². The fourth-order valence-corrected chi connectivity index (χ4v) is 2.89. The minimum absolute atomic E-state index is 0.0804. The number of nitriles is 1. The smallest absolute Gasteiger partial charge is 0.416 e. The summed E-state index contributed by atoms with van der Waals surface area (Å²) in [5, 5.41) is 19.4. The molecule has 0 spiro atoms. The van der Waals surface area contributed by atoms with Gasteiger partial charge >= 0.3 is 6.18 Å². The van der Waals surface area contributed by atoms with Crippen LogP contribution in [0.5, 0.6) is 0 Å². The number of allylic oxidation sites excluding steroid dienone is 1. The van der Waals surface area contributed by atoms with E-state index in [9.17, 15) is 23.5 Å². The summed E-state index contributed by atoms with van der Waals surface area (Å²) < 4.78 is 43.7. The number of aliphatic hydroxyl groups is 1. The van der Waals surface area contributed by atoms with Gasteiger partial charge in [0.15, 0.2) is 11.5 Å². The van der Waals surface area contributed by atoms with Crippen molar-refractivity contribution in [1.29, 1.82) is 5.26 Å². The highest BCUT2D eigenvalue weighted by atomic mass is 32.1. The molecule has 0 radical (unpaired) electrons. The largest absolute Gasteiger partial charge is 0.503 e.